The molecular formula is C36H36Si. The van der Waals surface area contributed by atoms with E-state index in [2.05, 4.69) is 129 Å². The fourth-order valence-corrected chi connectivity index (χ4v) is 13.0. The van der Waals surface area contributed by atoms with Crippen LogP contribution < -0.4 is 20.8 Å². The fraction of sp³-hybridized carbons (Fsp3) is 0.222. The smallest absolute Gasteiger partial charge is 0.0749 e. The van der Waals surface area contributed by atoms with Crippen LogP contribution in [0.3, 0.4) is 0 Å². The highest BCUT2D eigenvalue weighted by Gasteiger charge is 2.50. The van der Waals surface area contributed by atoms with Crippen LogP contribution in [0.25, 0.3) is 16.3 Å². The van der Waals surface area contributed by atoms with Crippen LogP contribution in [0.2, 0.25) is 0 Å². The van der Waals surface area contributed by atoms with E-state index in [1.807, 2.05) is 0 Å². The Labute approximate surface area is 222 Å². The number of hydrogen-bond acceptors (Lipinski definition) is 0. The number of benzene rings is 4. The summed E-state index contributed by atoms with van der Waals surface area (Å²) in [6.07, 6.45) is 8.46. The molecular weight excluding hydrogens is 460 g/mol. The van der Waals surface area contributed by atoms with Gasteiger partial charge in [-0.05, 0) is 56.8 Å². The molecule has 0 spiro atoms. The van der Waals surface area contributed by atoms with Crippen LogP contribution >= 0.6 is 0 Å². The van der Waals surface area contributed by atoms with Gasteiger partial charge < -0.3 is 0 Å². The first-order valence-corrected chi connectivity index (χ1v) is 16.1. The molecule has 2 aliphatic rings. The molecule has 1 atom stereocenters. The molecule has 0 bridgehead atoms. The van der Waals surface area contributed by atoms with E-state index in [9.17, 15) is 0 Å². The lowest BCUT2D eigenvalue weighted by Gasteiger charge is -2.40. The van der Waals surface area contributed by atoms with Crippen molar-refractivity contribution in [1.29, 1.82) is 0 Å². The summed E-state index contributed by atoms with van der Waals surface area (Å²) in [5.41, 5.74) is 6.54. The monoisotopic (exact) mass is 496 g/mol. The molecule has 0 saturated heterocycles. The summed E-state index contributed by atoms with van der Waals surface area (Å²) in [6, 6.07) is 41.7. The number of fused-ring (bicyclic) bond motifs is 2. The molecule has 37 heavy (non-hydrogen) atoms. The SMILES string of the molecule is CCCC1=CC([Si](C2=c3ccccc3=C(CCC)C2)(c2ccccc2)c2ccccc2)c2ccccc21. The minimum atomic E-state index is -2.51. The van der Waals surface area contributed by atoms with Crippen LogP contribution in [0.5, 0.6) is 0 Å². The lowest BCUT2D eigenvalue weighted by Crippen LogP contribution is -2.64. The molecule has 0 nitrogen and oxygen atoms in total. The number of hydrogen-bond donors (Lipinski definition) is 0. The Morgan fingerprint density at radius 2 is 1.19 bits per heavy atom. The van der Waals surface area contributed by atoms with E-state index >= 15 is 0 Å². The fourth-order valence-electron chi connectivity index (χ4n) is 7.09. The minimum Gasteiger partial charge on any atom is -0.0749 e. The summed E-state index contributed by atoms with van der Waals surface area (Å²) < 4.78 is 0. The summed E-state index contributed by atoms with van der Waals surface area (Å²) in [5.74, 6) is 0. The van der Waals surface area contributed by atoms with Crippen LogP contribution in [-0.2, 0) is 0 Å². The molecule has 2 aliphatic carbocycles. The van der Waals surface area contributed by atoms with Crippen molar-refractivity contribution in [3.8, 4) is 0 Å². The van der Waals surface area contributed by atoms with Crippen molar-refractivity contribution in [3.05, 3.63) is 137 Å². The van der Waals surface area contributed by atoms with Gasteiger partial charge in [-0.15, -0.1) is 0 Å². The van der Waals surface area contributed by atoms with Gasteiger partial charge in [-0.3, -0.25) is 0 Å². The van der Waals surface area contributed by atoms with Gasteiger partial charge in [-0.1, -0.05) is 153 Å². The van der Waals surface area contributed by atoms with Gasteiger partial charge in [0.05, 0.1) is 0 Å². The second-order valence-corrected chi connectivity index (χ2v) is 14.6. The minimum absolute atomic E-state index is 0.374. The second-order valence-electron chi connectivity index (χ2n) is 10.6. The largest absolute Gasteiger partial charge is 0.156 e. The molecule has 184 valence electrons. The molecule has 4 aromatic rings. The van der Waals surface area contributed by atoms with E-state index in [-0.39, 0.29) is 0 Å². The molecule has 6 rings (SSSR count). The van der Waals surface area contributed by atoms with E-state index in [4.69, 9.17) is 0 Å². The van der Waals surface area contributed by atoms with Crippen molar-refractivity contribution >= 4 is 34.8 Å². The third-order valence-electron chi connectivity index (χ3n) is 8.50. The first-order valence-electron chi connectivity index (χ1n) is 14.0. The summed E-state index contributed by atoms with van der Waals surface area (Å²) in [6.45, 7) is 4.63. The van der Waals surface area contributed by atoms with E-state index in [1.165, 1.54) is 56.8 Å². The predicted octanol–water partition coefficient (Wildman–Crippen LogP) is 6.51. The van der Waals surface area contributed by atoms with E-state index in [0.717, 1.165) is 12.8 Å². The van der Waals surface area contributed by atoms with Crippen LogP contribution in [0.1, 0.15) is 62.6 Å². The molecule has 0 aromatic heterocycles. The highest BCUT2D eigenvalue weighted by molar-refractivity contribution is 7.15. The molecule has 4 aromatic carbocycles. The summed E-state index contributed by atoms with van der Waals surface area (Å²) in [5, 5.41) is 7.74. The van der Waals surface area contributed by atoms with Crippen molar-refractivity contribution in [2.75, 3.05) is 0 Å². The van der Waals surface area contributed by atoms with Crippen molar-refractivity contribution < 1.29 is 0 Å². The summed E-state index contributed by atoms with van der Waals surface area (Å²) in [4.78, 5) is 0. The highest BCUT2D eigenvalue weighted by Crippen LogP contribution is 2.46. The second kappa shape index (κ2) is 10.1. The van der Waals surface area contributed by atoms with Crippen molar-refractivity contribution in [2.45, 2.75) is 51.5 Å². The predicted molar refractivity (Wildman–Crippen MR) is 162 cm³/mol. The van der Waals surface area contributed by atoms with Crippen LogP contribution in [-0.4, -0.2) is 8.07 Å². The number of rotatable bonds is 8. The Morgan fingerprint density at radius 3 is 1.84 bits per heavy atom. The van der Waals surface area contributed by atoms with Crippen LogP contribution in [0.4, 0.5) is 0 Å². The van der Waals surface area contributed by atoms with Gasteiger partial charge in [0.25, 0.3) is 0 Å². The van der Waals surface area contributed by atoms with Gasteiger partial charge in [0.1, 0.15) is 0 Å². The van der Waals surface area contributed by atoms with E-state index < -0.39 is 8.07 Å². The maximum absolute atomic E-state index is 2.69. The Balaban J connectivity index is 1.76. The zero-order valence-electron chi connectivity index (χ0n) is 22.1. The maximum Gasteiger partial charge on any atom is 0.156 e. The van der Waals surface area contributed by atoms with Crippen molar-refractivity contribution in [1.82, 2.24) is 0 Å². The van der Waals surface area contributed by atoms with Crippen LogP contribution in [0.15, 0.2) is 115 Å². The van der Waals surface area contributed by atoms with E-state index in [1.54, 1.807) is 10.8 Å². The van der Waals surface area contributed by atoms with Gasteiger partial charge in [-0.25, -0.2) is 0 Å². The van der Waals surface area contributed by atoms with Crippen LogP contribution in [0, 0.1) is 0 Å². The zero-order chi connectivity index (χ0) is 25.2. The summed E-state index contributed by atoms with van der Waals surface area (Å²) >= 11 is 0. The molecule has 0 aliphatic heterocycles. The summed E-state index contributed by atoms with van der Waals surface area (Å²) in [7, 11) is -2.51. The molecule has 1 unspecified atom stereocenters. The van der Waals surface area contributed by atoms with Gasteiger partial charge in [0.15, 0.2) is 8.07 Å². The average molecular weight is 497 g/mol. The highest BCUT2D eigenvalue weighted by atomic mass is 28.3. The normalized spacial score (nSPS) is 16.5. The van der Waals surface area contributed by atoms with Gasteiger partial charge in [0, 0.05) is 5.54 Å². The Bertz CT molecular complexity index is 1520. The Kier molecular flexibility index (Phi) is 6.57. The van der Waals surface area contributed by atoms with E-state index in [0.29, 0.717) is 5.54 Å². The first kappa shape index (κ1) is 23.9. The average Bonchev–Trinajstić information content (AvgIpc) is 3.51. The Morgan fingerprint density at radius 1 is 0.622 bits per heavy atom. The molecule has 0 fully saturated rings. The lowest BCUT2D eigenvalue weighted by atomic mass is 10.0. The Hall–Kier alpha value is -3.42. The van der Waals surface area contributed by atoms with Gasteiger partial charge >= 0.3 is 0 Å². The van der Waals surface area contributed by atoms with Gasteiger partial charge in [-0.2, -0.15) is 0 Å². The topological polar surface area (TPSA) is 0 Å². The maximum atomic E-state index is 2.69. The molecule has 0 heterocycles. The molecule has 0 radical (unpaired) electrons. The van der Waals surface area contributed by atoms with Crippen molar-refractivity contribution in [2.24, 2.45) is 0 Å². The lowest BCUT2D eigenvalue weighted by molar-refractivity contribution is 0.954. The standard InChI is InChI=1S/C36H36Si/c1-3-15-27-25-35(33-23-13-11-21-31(27)33)37(29-17-7-5-8-18-29,30-19-9-6-10-20-30)36-26-28(16-4-2)32-22-12-14-24-34(32)36/h5-14,17-25,35H,3-4,15-16,26H2,1-2H3. The number of allylic oxidation sites excluding steroid dienone is 2. The van der Waals surface area contributed by atoms with Crippen molar-refractivity contribution in [3.63, 3.8) is 0 Å². The molecule has 1 heteroatoms. The first-order chi connectivity index (χ1) is 18.3. The molecule has 0 amide bonds. The third kappa shape index (κ3) is 3.88. The zero-order valence-corrected chi connectivity index (χ0v) is 23.1. The quantitative estimate of drug-likeness (QED) is 0.244. The molecule has 0 N–H and O–H groups in total. The van der Waals surface area contributed by atoms with Gasteiger partial charge in [0.2, 0.25) is 0 Å². The third-order valence-corrected chi connectivity index (χ3v) is 13.8. The molecule has 0 saturated carbocycles.